The van der Waals surface area contributed by atoms with Crippen LogP contribution in [0.2, 0.25) is 0 Å². The van der Waals surface area contributed by atoms with E-state index < -0.39 is 6.09 Å². The number of ether oxygens (including phenoxy) is 2. The van der Waals surface area contributed by atoms with Crippen molar-refractivity contribution >= 4 is 17.7 Å². The van der Waals surface area contributed by atoms with Gasteiger partial charge in [-0.25, -0.2) is 4.79 Å². The van der Waals surface area contributed by atoms with Gasteiger partial charge in [0.1, 0.15) is 11.9 Å². The molecule has 1 fully saturated rings. The van der Waals surface area contributed by atoms with E-state index >= 15 is 0 Å². The van der Waals surface area contributed by atoms with E-state index in [2.05, 4.69) is 5.32 Å². The molecular formula is C20H22N2O4. The molecule has 1 saturated heterocycles. The van der Waals surface area contributed by atoms with Crippen LogP contribution in [0.3, 0.4) is 0 Å². The van der Waals surface area contributed by atoms with Gasteiger partial charge in [0.2, 0.25) is 0 Å². The van der Waals surface area contributed by atoms with Crippen molar-refractivity contribution in [2.75, 3.05) is 25.1 Å². The molecular weight excluding hydrogens is 332 g/mol. The minimum absolute atomic E-state index is 0.215. The Bertz CT molecular complexity index is 817. The van der Waals surface area contributed by atoms with Gasteiger partial charge in [-0.15, -0.1) is 0 Å². The number of cyclic esters (lactones) is 1. The number of nitrogens with zero attached hydrogens (tertiary/aromatic N) is 1. The van der Waals surface area contributed by atoms with Crippen LogP contribution in [0, 0.1) is 13.8 Å². The van der Waals surface area contributed by atoms with E-state index in [1.807, 2.05) is 32.0 Å². The maximum absolute atomic E-state index is 12.2. The maximum atomic E-state index is 12.2. The summed E-state index contributed by atoms with van der Waals surface area (Å²) in [6, 6.07) is 12.7. The highest BCUT2D eigenvalue weighted by Gasteiger charge is 2.32. The first-order chi connectivity index (χ1) is 12.5. The third-order valence-electron chi connectivity index (χ3n) is 4.52. The Morgan fingerprint density at radius 2 is 1.92 bits per heavy atom. The van der Waals surface area contributed by atoms with E-state index in [1.54, 1.807) is 36.3 Å². The highest BCUT2D eigenvalue weighted by molar-refractivity contribution is 5.94. The van der Waals surface area contributed by atoms with Gasteiger partial charge in [-0.1, -0.05) is 6.07 Å². The number of amides is 2. The van der Waals surface area contributed by atoms with Gasteiger partial charge in [-0.2, -0.15) is 0 Å². The SMILES string of the molecule is COc1ccc(C(=O)NCC2CN(c3ccc(C)c(C)c3)C(=O)O2)cc1. The Kier molecular flexibility index (Phi) is 5.11. The molecule has 1 heterocycles. The quantitative estimate of drug-likeness (QED) is 0.896. The normalized spacial score (nSPS) is 16.3. The lowest BCUT2D eigenvalue weighted by atomic mass is 10.1. The molecule has 0 aliphatic carbocycles. The Labute approximate surface area is 152 Å². The first kappa shape index (κ1) is 17.8. The zero-order valence-corrected chi connectivity index (χ0v) is 15.1. The summed E-state index contributed by atoms with van der Waals surface area (Å²) in [5, 5.41) is 2.81. The summed E-state index contributed by atoms with van der Waals surface area (Å²) in [6.07, 6.45) is -0.775. The van der Waals surface area contributed by atoms with E-state index in [-0.39, 0.29) is 18.6 Å². The van der Waals surface area contributed by atoms with Crippen molar-refractivity contribution in [2.45, 2.75) is 20.0 Å². The first-order valence-corrected chi connectivity index (χ1v) is 8.45. The highest BCUT2D eigenvalue weighted by Crippen LogP contribution is 2.24. The number of hydrogen-bond donors (Lipinski definition) is 1. The van der Waals surface area contributed by atoms with Gasteiger partial charge in [-0.05, 0) is 61.4 Å². The molecule has 26 heavy (non-hydrogen) atoms. The summed E-state index contributed by atoms with van der Waals surface area (Å²) in [4.78, 5) is 25.9. The predicted molar refractivity (Wildman–Crippen MR) is 98.9 cm³/mol. The predicted octanol–water partition coefficient (Wildman–Crippen LogP) is 3.07. The average Bonchev–Trinajstić information content (AvgIpc) is 3.03. The molecule has 0 aromatic heterocycles. The lowest BCUT2D eigenvalue weighted by Gasteiger charge is -2.14. The smallest absolute Gasteiger partial charge is 0.414 e. The number of carbonyl (C=O) groups excluding carboxylic acids is 2. The Morgan fingerprint density at radius 3 is 2.58 bits per heavy atom. The molecule has 1 atom stereocenters. The molecule has 1 aliphatic heterocycles. The number of rotatable bonds is 5. The summed E-state index contributed by atoms with van der Waals surface area (Å²) >= 11 is 0. The fourth-order valence-corrected chi connectivity index (χ4v) is 2.78. The molecule has 1 N–H and O–H groups in total. The van der Waals surface area contributed by atoms with Crippen LogP contribution in [-0.4, -0.2) is 38.3 Å². The van der Waals surface area contributed by atoms with Gasteiger partial charge in [0, 0.05) is 11.3 Å². The third kappa shape index (κ3) is 3.79. The summed E-state index contributed by atoms with van der Waals surface area (Å²) in [5.74, 6) is 0.476. The minimum Gasteiger partial charge on any atom is -0.497 e. The van der Waals surface area contributed by atoms with Gasteiger partial charge >= 0.3 is 6.09 Å². The van der Waals surface area contributed by atoms with Gasteiger partial charge in [0.25, 0.3) is 5.91 Å². The average molecular weight is 354 g/mol. The number of aryl methyl sites for hydroxylation is 2. The summed E-state index contributed by atoms with van der Waals surface area (Å²) < 4.78 is 10.5. The van der Waals surface area contributed by atoms with Crippen molar-refractivity contribution in [2.24, 2.45) is 0 Å². The van der Waals surface area contributed by atoms with Crippen LogP contribution in [0.1, 0.15) is 21.5 Å². The number of hydrogen-bond acceptors (Lipinski definition) is 4. The van der Waals surface area contributed by atoms with Gasteiger partial charge in [0.05, 0.1) is 20.2 Å². The standard InChI is InChI=1S/C20H22N2O4/c1-13-4-7-16(10-14(13)2)22-12-18(26-20(22)24)11-21-19(23)15-5-8-17(25-3)9-6-15/h4-10,18H,11-12H2,1-3H3,(H,21,23). The van der Waals surface area contributed by atoms with Crippen molar-refractivity contribution in [3.05, 3.63) is 59.2 Å². The van der Waals surface area contributed by atoms with E-state index in [0.717, 1.165) is 11.3 Å². The Morgan fingerprint density at radius 1 is 1.19 bits per heavy atom. The fourth-order valence-electron chi connectivity index (χ4n) is 2.78. The summed E-state index contributed by atoms with van der Waals surface area (Å²) in [6.45, 7) is 4.70. The molecule has 0 saturated carbocycles. The van der Waals surface area contributed by atoms with Crippen molar-refractivity contribution in [1.29, 1.82) is 0 Å². The molecule has 2 aromatic carbocycles. The Hall–Kier alpha value is -3.02. The number of anilines is 1. The molecule has 136 valence electrons. The van der Waals surface area contributed by atoms with Crippen molar-refractivity contribution in [3.8, 4) is 5.75 Å². The molecule has 6 heteroatoms. The van der Waals surface area contributed by atoms with Crippen molar-refractivity contribution in [1.82, 2.24) is 5.32 Å². The number of carbonyl (C=O) groups is 2. The maximum Gasteiger partial charge on any atom is 0.414 e. The summed E-state index contributed by atoms with van der Waals surface area (Å²) in [7, 11) is 1.57. The lowest BCUT2D eigenvalue weighted by molar-refractivity contribution is 0.0916. The minimum atomic E-state index is -0.392. The number of nitrogens with one attached hydrogen (secondary N) is 1. The molecule has 3 rings (SSSR count). The second-order valence-corrected chi connectivity index (χ2v) is 6.32. The van der Waals surface area contributed by atoms with E-state index in [9.17, 15) is 9.59 Å². The third-order valence-corrected chi connectivity index (χ3v) is 4.52. The van der Waals surface area contributed by atoms with Crippen molar-refractivity contribution in [3.63, 3.8) is 0 Å². The van der Waals surface area contributed by atoms with Crippen LogP contribution in [0.5, 0.6) is 5.75 Å². The largest absolute Gasteiger partial charge is 0.497 e. The lowest BCUT2D eigenvalue weighted by Crippen LogP contribution is -2.34. The number of benzene rings is 2. The topological polar surface area (TPSA) is 67.9 Å². The van der Waals surface area contributed by atoms with Crippen LogP contribution < -0.4 is 15.0 Å². The van der Waals surface area contributed by atoms with Crippen LogP contribution in [-0.2, 0) is 4.74 Å². The molecule has 0 spiro atoms. The van der Waals surface area contributed by atoms with Gasteiger partial charge in [0.15, 0.2) is 0 Å². The molecule has 6 nitrogen and oxygen atoms in total. The van der Waals surface area contributed by atoms with Crippen LogP contribution in [0.15, 0.2) is 42.5 Å². The fraction of sp³-hybridized carbons (Fsp3) is 0.300. The Balaban J connectivity index is 1.58. The first-order valence-electron chi connectivity index (χ1n) is 8.45. The molecule has 0 radical (unpaired) electrons. The molecule has 1 aliphatic rings. The second kappa shape index (κ2) is 7.47. The summed E-state index contributed by atoms with van der Waals surface area (Å²) in [5.41, 5.74) is 3.62. The molecule has 1 unspecified atom stereocenters. The van der Waals surface area contributed by atoms with E-state index in [4.69, 9.17) is 9.47 Å². The molecule has 0 bridgehead atoms. The monoisotopic (exact) mass is 354 g/mol. The zero-order chi connectivity index (χ0) is 18.7. The van der Waals surface area contributed by atoms with Crippen LogP contribution in [0.25, 0.3) is 0 Å². The van der Waals surface area contributed by atoms with E-state index in [1.165, 1.54) is 5.56 Å². The zero-order valence-electron chi connectivity index (χ0n) is 15.1. The molecule has 2 amide bonds. The van der Waals surface area contributed by atoms with Crippen LogP contribution >= 0.6 is 0 Å². The van der Waals surface area contributed by atoms with Gasteiger partial charge in [-0.3, -0.25) is 9.69 Å². The van der Waals surface area contributed by atoms with E-state index in [0.29, 0.717) is 17.9 Å². The molecule has 2 aromatic rings. The van der Waals surface area contributed by atoms with Crippen molar-refractivity contribution < 1.29 is 19.1 Å². The number of methoxy groups -OCH3 is 1. The highest BCUT2D eigenvalue weighted by atomic mass is 16.6. The van der Waals surface area contributed by atoms with Crippen LogP contribution in [0.4, 0.5) is 10.5 Å². The second-order valence-electron chi connectivity index (χ2n) is 6.32. The van der Waals surface area contributed by atoms with Gasteiger partial charge < -0.3 is 14.8 Å².